The predicted molar refractivity (Wildman–Crippen MR) is 69.1 cm³/mol. The molecule has 1 aliphatic rings. The summed E-state index contributed by atoms with van der Waals surface area (Å²) in [6.07, 6.45) is 3.48. The van der Waals surface area contributed by atoms with E-state index < -0.39 is 0 Å². The number of hydrogen-bond donors (Lipinski definition) is 2. The van der Waals surface area contributed by atoms with Crippen molar-refractivity contribution in [2.75, 3.05) is 13.1 Å². The van der Waals surface area contributed by atoms with Crippen LogP contribution in [0.5, 0.6) is 0 Å². The Balaban J connectivity index is 1.70. The molecule has 0 radical (unpaired) electrons. The molecular weight excluding hydrogens is 231 g/mol. The highest BCUT2D eigenvalue weighted by molar-refractivity contribution is 5.94. The third kappa shape index (κ3) is 3.81. The summed E-state index contributed by atoms with van der Waals surface area (Å²) >= 11 is 0. The van der Waals surface area contributed by atoms with Crippen molar-refractivity contribution < 1.29 is 9.18 Å². The molecule has 0 heterocycles. The van der Waals surface area contributed by atoms with Gasteiger partial charge in [0.15, 0.2) is 0 Å². The predicted octanol–water partition coefficient (Wildman–Crippen LogP) is 2.01. The number of rotatable bonds is 6. The molecule has 0 aliphatic heterocycles. The Kier molecular flexibility index (Phi) is 4.31. The van der Waals surface area contributed by atoms with Gasteiger partial charge in [-0.2, -0.15) is 0 Å². The van der Waals surface area contributed by atoms with Crippen LogP contribution in [0.15, 0.2) is 18.2 Å². The first-order chi connectivity index (χ1) is 8.66. The van der Waals surface area contributed by atoms with Gasteiger partial charge in [0.25, 0.3) is 5.91 Å². The molecule has 1 aromatic rings. The fourth-order valence-corrected chi connectivity index (χ4v) is 1.77. The molecule has 0 bridgehead atoms. The molecule has 0 saturated heterocycles. The highest BCUT2D eigenvalue weighted by Gasteiger charge is 2.19. The summed E-state index contributed by atoms with van der Waals surface area (Å²) in [5.41, 5.74) is 1.02. The van der Waals surface area contributed by atoms with Crippen molar-refractivity contribution in [3.8, 4) is 0 Å². The quantitative estimate of drug-likeness (QED) is 0.758. The van der Waals surface area contributed by atoms with Gasteiger partial charge in [0, 0.05) is 18.2 Å². The van der Waals surface area contributed by atoms with E-state index in [2.05, 4.69) is 10.6 Å². The van der Waals surface area contributed by atoms with E-state index in [1.54, 1.807) is 13.0 Å². The second kappa shape index (κ2) is 5.96. The average Bonchev–Trinajstić information content (AvgIpc) is 3.16. The van der Waals surface area contributed by atoms with Crippen molar-refractivity contribution in [1.82, 2.24) is 10.6 Å². The summed E-state index contributed by atoms with van der Waals surface area (Å²) in [6, 6.07) is 5.13. The minimum Gasteiger partial charge on any atom is -0.352 e. The van der Waals surface area contributed by atoms with Crippen molar-refractivity contribution in [3.05, 3.63) is 35.1 Å². The topological polar surface area (TPSA) is 41.1 Å². The lowest BCUT2D eigenvalue weighted by atomic mass is 10.1. The van der Waals surface area contributed by atoms with Crippen molar-refractivity contribution in [2.45, 2.75) is 32.2 Å². The van der Waals surface area contributed by atoms with Crippen LogP contribution < -0.4 is 10.6 Å². The molecule has 98 valence electrons. The smallest absolute Gasteiger partial charge is 0.251 e. The van der Waals surface area contributed by atoms with Crippen molar-refractivity contribution in [2.24, 2.45) is 0 Å². The molecule has 0 unspecified atom stereocenters. The number of carbonyl (C=O) groups excluding carboxylic acids is 1. The van der Waals surface area contributed by atoms with E-state index in [1.807, 2.05) is 0 Å². The van der Waals surface area contributed by atoms with E-state index in [4.69, 9.17) is 0 Å². The second-order valence-corrected chi connectivity index (χ2v) is 4.80. The van der Waals surface area contributed by atoms with Gasteiger partial charge in [-0.25, -0.2) is 4.39 Å². The first-order valence-electron chi connectivity index (χ1n) is 6.44. The molecular formula is C14H19FN2O. The number of halogens is 1. The number of benzene rings is 1. The highest BCUT2D eigenvalue weighted by Crippen LogP contribution is 2.18. The van der Waals surface area contributed by atoms with Crippen LogP contribution in [0.1, 0.15) is 35.2 Å². The van der Waals surface area contributed by atoms with Gasteiger partial charge in [0.05, 0.1) is 0 Å². The van der Waals surface area contributed by atoms with Gasteiger partial charge >= 0.3 is 0 Å². The Hall–Kier alpha value is -1.42. The molecule has 2 rings (SSSR count). The molecule has 2 N–H and O–H groups in total. The van der Waals surface area contributed by atoms with E-state index in [1.165, 1.54) is 25.0 Å². The summed E-state index contributed by atoms with van der Waals surface area (Å²) in [4.78, 5) is 11.8. The van der Waals surface area contributed by atoms with Crippen molar-refractivity contribution >= 4 is 5.91 Å². The molecule has 1 amide bonds. The first-order valence-corrected chi connectivity index (χ1v) is 6.44. The largest absolute Gasteiger partial charge is 0.352 e. The molecule has 4 heteroatoms. The lowest BCUT2D eigenvalue weighted by Crippen LogP contribution is -2.28. The second-order valence-electron chi connectivity index (χ2n) is 4.80. The molecule has 0 atom stereocenters. The number of amides is 1. The Morgan fingerprint density at radius 3 is 2.83 bits per heavy atom. The number of carbonyl (C=O) groups is 1. The zero-order chi connectivity index (χ0) is 13.0. The van der Waals surface area contributed by atoms with Crippen LogP contribution in [0.3, 0.4) is 0 Å². The van der Waals surface area contributed by atoms with E-state index in [0.29, 0.717) is 23.7 Å². The minimum absolute atomic E-state index is 0.135. The van der Waals surface area contributed by atoms with E-state index in [-0.39, 0.29) is 11.7 Å². The number of nitrogens with one attached hydrogen (secondary N) is 2. The van der Waals surface area contributed by atoms with Crippen LogP contribution in [-0.2, 0) is 0 Å². The Bertz CT molecular complexity index is 430. The third-order valence-electron chi connectivity index (χ3n) is 3.07. The SMILES string of the molecule is Cc1cc(C(=O)NCCCNC2CC2)ccc1F. The van der Waals surface area contributed by atoms with Gasteiger partial charge < -0.3 is 10.6 Å². The average molecular weight is 250 g/mol. The molecule has 3 nitrogen and oxygen atoms in total. The van der Waals surface area contributed by atoms with E-state index in [9.17, 15) is 9.18 Å². The Morgan fingerprint density at radius 1 is 1.39 bits per heavy atom. The van der Waals surface area contributed by atoms with Crippen LogP contribution in [-0.4, -0.2) is 25.0 Å². The molecule has 0 aromatic heterocycles. The summed E-state index contributed by atoms with van der Waals surface area (Å²) < 4.78 is 13.1. The van der Waals surface area contributed by atoms with E-state index >= 15 is 0 Å². The maximum Gasteiger partial charge on any atom is 0.251 e. The lowest BCUT2D eigenvalue weighted by molar-refractivity contribution is 0.0953. The maximum atomic E-state index is 13.1. The molecule has 1 aliphatic carbocycles. The monoisotopic (exact) mass is 250 g/mol. The summed E-state index contributed by atoms with van der Waals surface area (Å²) in [6.45, 7) is 3.24. The van der Waals surface area contributed by atoms with Gasteiger partial charge in [-0.05, 0) is 56.5 Å². The highest BCUT2D eigenvalue weighted by atomic mass is 19.1. The van der Waals surface area contributed by atoms with Crippen LogP contribution >= 0.6 is 0 Å². The Labute approximate surface area is 107 Å². The standard InChI is InChI=1S/C14H19FN2O/c1-10-9-11(3-6-13(10)15)14(18)17-8-2-7-16-12-4-5-12/h3,6,9,12,16H,2,4-5,7-8H2,1H3,(H,17,18). The van der Waals surface area contributed by atoms with Gasteiger partial charge in [0.2, 0.25) is 0 Å². The lowest BCUT2D eigenvalue weighted by Gasteiger charge is -2.07. The van der Waals surface area contributed by atoms with Crippen molar-refractivity contribution in [1.29, 1.82) is 0 Å². The zero-order valence-corrected chi connectivity index (χ0v) is 10.6. The molecule has 1 saturated carbocycles. The fourth-order valence-electron chi connectivity index (χ4n) is 1.77. The van der Waals surface area contributed by atoms with Crippen LogP contribution in [0, 0.1) is 12.7 Å². The summed E-state index contributed by atoms with van der Waals surface area (Å²) in [7, 11) is 0. The van der Waals surface area contributed by atoms with Crippen molar-refractivity contribution in [3.63, 3.8) is 0 Å². The van der Waals surface area contributed by atoms with Gasteiger partial charge in [-0.15, -0.1) is 0 Å². The zero-order valence-electron chi connectivity index (χ0n) is 10.6. The van der Waals surface area contributed by atoms with Crippen LogP contribution in [0.4, 0.5) is 4.39 Å². The first kappa shape index (κ1) is 13.0. The van der Waals surface area contributed by atoms with Gasteiger partial charge in [-0.3, -0.25) is 4.79 Å². The maximum absolute atomic E-state index is 13.1. The normalized spacial score (nSPS) is 14.6. The van der Waals surface area contributed by atoms with Crippen LogP contribution in [0.2, 0.25) is 0 Å². The molecule has 1 aromatic carbocycles. The Morgan fingerprint density at radius 2 is 2.17 bits per heavy atom. The van der Waals surface area contributed by atoms with E-state index in [0.717, 1.165) is 13.0 Å². The summed E-state index contributed by atoms with van der Waals surface area (Å²) in [5, 5.41) is 6.22. The molecule has 18 heavy (non-hydrogen) atoms. The third-order valence-corrected chi connectivity index (χ3v) is 3.07. The summed E-state index contributed by atoms with van der Waals surface area (Å²) in [5.74, 6) is -0.412. The number of aryl methyl sites for hydroxylation is 1. The fraction of sp³-hybridized carbons (Fsp3) is 0.500. The van der Waals surface area contributed by atoms with Gasteiger partial charge in [0.1, 0.15) is 5.82 Å². The minimum atomic E-state index is -0.278. The number of hydrogen-bond acceptors (Lipinski definition) is 2. The van der Waals surface area contributed by atoms with Gasteiger partial charge in [-0.1, -0.05) is 0 Å². The molecule has 0 spiro atoms. The molecule has 1 fully saturated rings. The van der Waals surface area contributed by atoms with Crippen LogP contribution in [0.25, 0.3) is 0 Å².